The molecular formula is C16H22BrN3S. The van der Waals surface area contributed by atoms with Crippen LogP contribution in [-0.4, -0.2) is 23.5 Å². The maximum absolute atomic E-state index is 4.33. The van der Waals surface area contributed by atoms with E-state index in [0.717, 1.165) is 31.9 Å². The zero-order valence-electron chi connectivity index (χ0n) is 12.6. The van der Waals surface area contributed by atoms with Crippen LogP contribution in [0.4, 0.5) is 0 Å². The van der Waals surface area contributed by atoms with Crippen molar-refractivity contribution in [3.05, 3.63) is 50.4 Å². The molecular weight excluding hydrogens is 346 g/mol. The van der Waals surface area contributed by atoms with Gasteiger partial charge in [-0.1, -0.05) is 35.0 Å². The van der Waals surface area contributed by atoms with Gasteiger partial charge >= 0.3 is 0 Å². The average Bonchev–Trinajstić information content (AvgIpc) is 2.95. The van der Waals surface area contributed by atoms with Gasteiger partial charge in [0.25, 0.3) is 0 Å². The van der Waals surface area contributed by atoms with E-state index in [1.165, 1.54) is 22.0 Å². The molecule has 0 atom stereocenters. The van der Waals surface area contributed by atoms with Gasteiger partial charge in [0.05, 0.1) is 11.2 Å². The summed E-state index contributed by atoms with van der Waals surface area (Å²) in [5, 5.41) is 5.54. The molecule has 1 heterocycles. The largest absolute Gasteiger partial charge is 0.313 e. The van der Waals surface area contributed by atoms with Crippen LogP contribution in [0.5, 0.6) is 0 Å². The topological polar surface area (TPSA) is 28.2 Å². The summed E-state index contributed by atoms with van der Waals surface area (Å²) < 4.78 is 1.18. The molecule has 0 saturated heterocycles. The highest BCUT2D eigenvalue weighted by atomic mass is 79.9. The van der Waals surface area contributed by atoms with Gasteiger partial charge in [-0.25, -0.2) is 4.98 Å². The molecule has 3 nitrogen and oxygen atoms in total. The highest BCUT2D eigenvalue weighted by Crippen LogP contribution is 2.20. The van der Waals surface area contributed by atoms with Crippen LogP contribution in [0.1, 0.15) is 30.2 Å². The molecule has 0 radical (unpaired) electrons. The highest BCUT2D eigenvalue weighted by molar-refractivity contribution is 9.10. The normalized spacial score (nSPS) is 11.2. The summed E-state index contributed by atoms with van der Waals surface area (Å²) >= 11 is 5.34. The lowest BCUT2D eigenvalue weighted by Crippen LogP contribution is -2.18. The van der Waals surface area contributed by atoms with Gasteiger partial charge in [0.2, 0.25) is 0 Å². The number of hydrogen-bond acceptors (Lipinski definition) is 4. The number of nitrogens with one attached hydrogen (secondary N) is 1. The maximum Gasteiger partial charge on any atom is 0.0795 e. The van der Waals surface area contributed by atoms with Crippen molar-refractivity contribution in [3.63, 3.8) is 0 Å². The van der Waals surface area contributed by atoms with Crippen LogP contribution in [0, 0.1) is 0 Å². The third-order valence-electron chi connectivity index (χ3n) is 3.23. The first-order valence-electron chi connectivity index (χ1n) is 7.22. The summed E-state index contributed by atoms with van der Waals surface area (Å²) in [6.07, 6.45) is 1.17. The molecule has 1 N–H and O–H groups in total. The van der Waals surface area contributed by atoms with E-state index >= 15 is 0 Å². The van der Waals surface area contributed by atoms with E-state index in [1.54, 1.807) is 11.3 Å². The van der Waals surface area contributed by atoms with E-state index < -0.39 is 0 Å². The zero-order chi connectivity index (χ0) is 15.1. The van der Waals surface area contributed by atoms with Crippen LogP contribution < -0.4 is 5.32 Å². The Hall–Kier alpha value is -0.750. The minimum absolute atomic E-state index is 0.885. The van der Waals surface area contributed by atoms with Gasteiger partial charge < -0.3 is 5.32 Å². The summed E-state index contributed by atoms with van der Waals surface area (Å²) in [6, 6.07) is 6.64. The quantitative estimate of drug-likeness (QED) is 0.713. The van der Waals surface area contributed by atoms with Crippen molar-refractivity contribution in [2.24, 2.45) is 0 Å². The van der Waals surface area contributed by atoms with E-state index in [4.69, 9.17) is 0 Å². The SMILES string of the molecule is CCCNCc1ccc(CN(C)Cc2cscn2)c(Br)c1. The fourth-order valence-corrected chi connectivity index (χ4v) is 3.28. The minimum atomic E-state index is 0.885. The Balaban J connectivity index is 1.90. The Bertz CT molecular complexity index is 542. The lowest BCUT2D eigenvalue weighted by molar-refractivity contribution is 0.315. The maximum atomic E-state index is 4.33. The molecule has 1 aromatic carbocycles. The van der Waals surface area contributed by atoms with Crippen molar-refractivity contribution < 1.29 is 0 Å². The first kappa shape index (κ1) is 16.6. The molecule has 0 unspecified atom stereocenters. The van der Waals surface area contributed by atoms with Gasteiger partial charge in [0, 0.05) is 29.5 Å². The molecule has 0 saturated carbocycles. The van der Waals surface area contributed by atoms with Gasteiger partial charge in [-0.15, -0.1) is 11.3 Å². The highest BCUT2D eigenvalue weighted by Gasteiger charge is 2.07. The zero-order valence-corrected chi connectivity index (χ0v) is 15.0. The van der Waals surface area contributed by atoms with Gasteiger partial charge in [-0.2, -0.15) is 0 Å². The second kappa shape index (κ2) is 8.63. The average molecular weight is 368 g/mol. The Morgan fingerprint density at radius 3 is 2.86 bits per heavy atom. The molecule has 2 rings (SSSR count). The minimum Gasteiger partial charge on any atom is -0.313 e. The Kier molecular flexibility index (Phi) is 6.83. The van der Waals surface area contributed by atoms with Crippen LogP contribution in [0.15, 0.2) is 33.6 Å². The van der Waals surface area contributed by atoms with Gasteiger partial charge in [0.15, 0.2) is 0 Å². The van der Waals surface area contributed by atoms with E-state index in [9.17, 15) is 0 Å². The molecule has 0 aliphatic heterocycles. The number of aromatic nitrogens is 1. The van der Waals surface area contributed by atoms with Crippen molar-refractivity contribution >= 4 is 27.3 Å². The van der Waals surface area contributed by atoms with Crippen molar-refractivity contribution in [2.75, 3.05) is 13.6 Å². The number of halogens is 1. The number of rotatable bonds is 8. The van der Waals surface area contributed by atoms with E-state index in [-0.39, 0.29) is 0 Å². The van der Waals surface area contributed by atoms with E-state index in [2.05, 4.69) is 68.7 Å². The molecule has 0 aliphatic carbocycles. The second-order valence-corrected chi connectivity index (χ2v) is 6.83. The number of thiazole rings is 1. The summed E-state index contributed by atoms with van der Waals surface area (Å²) in [7, 11) is 2.13. The molecule has 114 valence electrons. The molecule has 0 spiro atoms. The van der Waals surface area contributed by atoms with Crippen LogP contribution in [0.2, 0.25) is 0 Å². The fraction of sp³-hybridized carbons (Fsp3) is 0.438. The van der Waals surface area contributed by atoms with E-state index in [1.807, 2.05) is 5.51 Å². The van der Waals surface area contributed by atoms with Gasteiger partial charge in [-0.05, 0) is 37.2 Å². The summed E-state index contributed by atoms with van der Waals surface area (Å²) in [4.78, 5) is 6.61. The third kappa shape index (κ3) is 5.51. The molecule has 5 heteroatoms. The number of benzene rings is 1. The number of nitrogens with zero attached hydrogens (tertiary/aromatic N) is 2. The summed E-state index contributed by atoms with van der Waals surface area (Å²) in [5.41, 5.74) is 5.66. The lowest BCUT2D eigenvalue weighted by Gasteiger charge is -2.17. The molecule has 0 aliphatic rings. The monoisotopic (exact) mass is 367 g/mol. The van der Waals surface area contributed by atoms with Crippen LogP contribution >= 0.6 is 27.3 Å². The summed E-state index contributed by atoms with van der Waals surface area (Å²) in [6.45, 7) is 5.98. The third-order valence-corrected chi connectivity index (χ3v) is 4.60. The summed E-state index contributed by atoms with van der Waals surface area (Å²) in [5.74, 6) is 0. The molecule has 1 aromatic heterocycles. The lowest BCUT2D eigenvalue weighted by atomic mass is 10.1. The van der Waals surface area contributed by atoms with Crippen molar-refractivity contribution in [1.82, 2.24) is 15.2 Å². The predicted molar refractivity (Wildman–Crippen MR) is 93.4 cm³/mol. The Labute approximate surface area is 139 Å². The van der Waals surface area contributed by atoms with Crippen LogP contribution in [0.3, 0.4) is 0 Å². The molecule has 0 bridgehead atoms. The van der Waals surface area contributed by atoms with Crippen LogP contribution in [-0.2, 0) is 19.6 Å². The first-order chi connectivity index (χ1) is 10.2. The van der Waals surface area contributed by atoms with Crippen LogP contribution in [0.25, 0.3) is 0 Å². The van der Waals surface area contributed by atoms with Crippen molar-refractivity contribution in [2.45, 2.75) is 33.0 Å². The molecule has 0 amide bonds. The molecule has 0 fully saturated rings. The first-order valence-corrected chi connectivity index (χ1v) is 8.96. The molecule has 2 aromatic rings. The van der Waals surface area contributed by atoms with Gasteiger partial charge in [0.1, 0.15) is 0 Å². The smallest absolute Gasteiger partial charge is 0.0795 e. The number of hydrogen-bond donors (Lipinski definition) is 1. The molecule has 21 heavy (non-hydrogen) atoms. The van der Waals surface area contributed by atoms with E-state index in [0.29, 0.717) is 0 Å². The standard InChI is InChI=1S/C16H22BrN3S/c1-3-6-18-8-13-4-5-14(16(17)7-13)9-20(2)10-15-11-21-12-19-15/h4-5,7,11-12,18H,3,6,8-10H2,1-2H3. The van der Waals surface area contributed by atoms with Crippen molar-refractivity contribution in [1.29, 1.82) is 0 Å². The van der Waals surface area contributed by atoms with Gasteiger partial charge in [-0.3, -0.25) is 4.90 Å². The Morgan fingerprint density at radius 1 is 1.33 bits per heavy atom. The predicted octanol–water partition coefficient (Wildman–Crippen LogP) is 4.04. The fourth-order valence-electron chi connectivity index (χ4n) is 2.18. The van der Waals surface area contributed by atoms with Crippen molar-refractivity contribution in [3.8, 4) is 0 Å². The second-order valence-electron chi connectivity index (χ2n) is 5.25. The Morgan fingerprint density at radius 2 is 2.19 bits per heavy atom.